The van der Waals surface area contributed by atoms with Crippen LogP contribution in [0.5, 0.6) is 5.75 Å². The Morgan fingerprint density at radius 2 is 1.56 bits per heavy atom. The SMILES string of the molecule is CCc1ccc(N2C(=O)NC(=O)/C(=C/c3cc(Br)c(OCc4ccccc4)c(Br)c3)C2=O)cc1. The molecule has 3 aromatic carbocycles. The third-order valence-corrected chi connectivity index (χ3v) is 6.44. The van der Waals surface area contributed by atoms with Crippen LogP contribution < -0.4 is 15.0 Å². The standard InChI is InChI=1S/C26H20Br2N2O4/c1-2-16-8-10-19(11-9-16)30-25(32)20(24(31)29-26(30)33)12-18-13-21(27)23(22(28)14-18)34-15-17-6-4-3-5-7-17/h3-14H,2,15H2,1H3,(H,29,31,33)/b20-12-. The zero-order chi connectivity index (χ0) is 24.2. The van der Waals surface area contributed by atoms with E-state index in [2.05, 4.69) is 37.2 Å². The van der Waals surface area contributed by atoms with E-state index >= 15 is 0 Å². The number of halogens is 2. The maximum Gasteiger partial charge on any atom is 0.335 e. The second kappa shape index (κ2) is 10.4. The van der Waals surface area contributed by atoms with Crippen molar-refractivity contribution in [3.05, 3.63) is 97.9 Å². The van der Waals surface area contributed by atoms with Gasteiger partial charge in [-0.2, -0.15) is 0 Å². The summed E-state index contributed by atoms with van der Waals surface area (Å²) < 4.78 is 7.23. The molecule has 0 atom stereocenters. The number of barbiturate groups is 1. The molecule has 8 heteroatoms. The zero-order valence-corrected chi connectivity index (χ0v) is 21.4. The van der Waals surface area contributed by atoms with Gasteiger partial charge in [-0.15, -0.1) is 0 Å². The van der Waals surface area contributed by atoms with Crippen LogP contribution in [0, 0.1) is 0 Å². The molecule has 34 heavy (non-hydrogen) atoms. The largest absolute Gasteiger partial charge is 0.487 e. The normalized spacial score (nSPS) is 15.0. The fourth-order valence-corrected chi connectivity index (χ4v) is 4.92. The van der Waals surface area contributed by atoms with E-state index in [9.17, 15) is 14.4 Å². The number of nitrogens with zero attached hydrogens (tertiary/aromatic N) is 1. The summed E-state index contributed by atoms with van der Waals surface area (Å²) in [5, 5.41) is 2.25. The van der Waals surface area contributed by atoms with Gasteiger partial charge in [-0.3, -0.25) is 14.9 Å². The van der Waals surface area contributed by atoms with Crippen molar-refractivity contribution in [2.24, 2.45) is 0 Å². The number of benzene rings is 3. The lowest BCUT2D eigenvalue weighted by Crippen LogP contribution is -2.54. The highest BCUT2D eigenvalue weighted by molar-refractivity contribution is 9.11. The molecule has 6 nitrogen and oxygen atoms in total. The quantitative estimate of drug-likeness (QED) is 0.284. The van der Waals surface area contributed by atoms with Gasteiger partial charge in [-0.05, 0) is 85.3 Å². The van der Waals surface area contributed by atoms with Gasteiger partial charge in [0.2, 0.25) is 0 Å². The molecule has 1 fully saturated rings. The van der Waals surface area contributed by atoms with Crippen molar-refractivity contribution >= 4 is 61.5 Å². The maximum absolute atomic E-state index is 13.1. The summed E-state index contributed by atoms with van der Waals surface area (Å²) in [7, 11) is 0. The Labute approximate surface area is 213 Å². The van der Waals surface area contributed by atoms with Gasteiger partial charge in [0.25, 0.3) is 11.8 Å². The molecular weight excluding hydrogens is 564 g/mol. The Balaban J connectivity index is 1.60. The summed E-state index contributed by atoms with van der Waals surface area (Å²) in [5.41, 5.74) is 2.93. The van der Waals surface area contributed by atoms with Gasteiger partial charge in [0.1, 0.15) is 17.9 Å². The molecule has 0 radical (unpaired) electrons. The lowest BCUT2D eigenvalue weighted by Gasteiger charge is -2.26. The average molecular weight is 584 g/mol. The minimum absolute atomic E-state index is 0.143. The van der Waals surface area contributed by atoms with E-state index in [-0.39, 0.29) is 5.57 Å². The van der Waals surface area contributed by atoms with Gasteiger partial charge in [0, 0.05) is 0 Å². The van der Waals surface area contributed by atoms with Crippen LogP contribution in [0.4, 0.5) is 10.5 Å². The van der Waals surface area contributed by atoms with Crippen LogP contribution in [-0.4, -0.2) is 17.8 Å². The molecule has 4 amide bonds. The molecule has 1 heterocycles. The van der Waals surface area contributed by atoms with Gasteiger partial charge >= 0.3 is 6.03 Å². The molecule has 0 aromatic heterocycles. The number of imide groups is 2. The molecule has 172 valence electrons. The van der Waals surface area contributed by atoms with Crippen LogP contribution in [0.2, 0.25) is 0 Å². The van der Waals surface area contributed by atoms with Crippen LogP contribution in [-0.2, 0) is 22.6 Å². The summed E-state index contributed by atoms with van der Waals surface area (Å²) in [6, 6.07) is 19.5. The number of amides is 4. The number of carbonyl (C=O) groups excluding carboxylic acids is 3. The molecule has 1 aliphatic rings. The van der Waals surface area contributed by atoms with E-state index < -0.39 is 17.8 Å². The first-order chi connectivity index (χ1) is 16.4. The van der Waals surface area contributed by atoms with Crippen LogP contribution in [0.3, 0.4) is 0 Å². The van der Waals surface area contributed by atoms with E-state index in [0.29, 0.717) is 32.6 Å². The van der Waals surface area contributed by atoms with E-state index in [1.807, 2.05) is 49.4 Å². The number of urea groups is 1. The van der Waals surface area contributed by atoms with Crippen LogP contribution in [0.25, 0.3) is 6.08 Å². The number of hydrogen-bond donors (Lipinski definition) is 1. The average Bonchev–Trinajstić information content (AvgIpc) is 2.82. The first kappa shape index (κ1) is 23.9. The van der Waals surface area contributed by atoms with E-state index in [4.69, 9.17) is 4.74 Å². The van der Waals surface area contributed by atoms with E-state index in [0.717, 1.165) is 22.4 Å². The molecule has 0 bridgehead atoms. The summed E-state index contributed by atoms with van der Waals surface area (Å²) >= 11 is 7.01. The highest BCUT2D eigenvalue weighted by Crippen LogP contribution is 2.36. The van der Waals surface area contributed by atoms with Crippen molar-refractivity contribution in [3.8, 4) is 5.75 Å². The van der Waals surface area contributed by atoms with Gasteiger partial charge in [-0.25, -0.2) is 9.69 Å². The summed E-state index contributed by atoms with van der Waals surface area (Å²) in [5.74, 6) is -0.832. The molecule has 1 saturated heterocycles. The summed E-state index contributed by atoms with van der Waals surface area (Å²) in [6.45, 7) is 2.40. The van der Waals surface area contributed by atoms with Crippen molar-refractivity contribution in [2.45, 2.75) is 20.0 Å². The smallest absolute Gasteiger partial charge is 0.335 e. The second-order valence-corrected chi connectivity index (χ2v) is 9.27. The van der Waals surface area contributed by atoms with Crippen molar-refractivity contribution in [1.29, 1.82) is 0 Å². The number of aryl methyl sites for hydroxylation is 1. The van der Waals surface area contributed by atoms with Gasteiger partial charge < -0.3 is 4.74 Å². The molecule has 1 aliphatic heterocycles. The fourth-order valence-electron chi connectivity index (χ4n) is 3.47. The number of nitrogens with one attached hydrogen (secondary N) is 1. The van der Waals surface area contributed by atoms with Gasteiger partial charge in [0.15, 0.2) is 0 Å². The summed E-state index contributed by atoms with van der Waals surface area (Å²) in [6.07, 6.45) is 2.28. The lowest BCUT2D eigenvalue weighted by molar-refractivity contribution is -0.122. The minimum atomic E-state index is -0.775. The van der Waals surface area contributed by atoms with Crippen LogP contribution in [0.1, 0.15) is 23.6 Å². The number of anilines is 1. The fraction of sp³-hybridized carbons (Fsp3) is 0.115. The third kappa shape index (κ3) is 5.13. The van der Waals surface area contributed by atoms with E-state index in [1.54, 1.807) is 24.3 Å². The molecule has 0 aliphatic carbocycles. The Morgan fingerprint density at radius 1 is 0.912 bits per heavy atom. The molecule has 0 saturated carbocycles. The summed E-state index contributed by atoms with van der Waals surface area (Å²) in [4.78, 5) is 39.0. The van der Waals surface area contributed by atoms with Gasteiger partial charge in [-0.1, -0.05) is 49.4 Å². The van der Waals surface area contributed by atoms with Crippen molar-refractivity contribution in [2.75, 3.05) is 4.90 Å². The predicted molar refractivity (Wildman–Crippen MR) is 137 cm³/mol. The Kier molecular flexibility index (Phi) is 7.29. The zero-order valence-electron chi connectivity index (χ0n) is 18.2. The number of rotatable bonds is 6. The van der Waals surface area contributed by atoms with Crippen molar-refractivity contribution < 1.29 is 19.1 Å². The first-order valence-corrected chi connectivity index (χ1v) is 12.1. The molecular formula is C26H20Br2N2O4. The Bertz CT molecular complexity index is 1260. The molecule has 3 aromatic rings. The Morgan fingerprint density at radius 3 is 2.18 bits per heavy atom. The monoisotopic (exact) mass is 582 g/mol. The third-order valence-electron chi connectivity index (χ3n) is 5.26. The highest BCUT2D eigenvalue weighted by atomic mass is 79.9. The predicted octanol–water partition coefficient (Wildman–Crippen LogP) is 6.02. The second-order valence-electron chi connectivity index (χ2n) is 7.57. The van der Waals surface area contributed by atoms with Crippen molar-refractivity contribution in [1.82, 2.24) is 5.32 Å². The molecule has 0 unspecified atom stereocenters. The Hall–Kier alpha value is -3.23. The van der Waals surface area contributed by atoms with Crippen LogP contribution in [0.15, 0.2) is 81.2 Å². The maximum atomic E-state index is 13.1. The number of ether oxygens (including phenoxy) is 1. The lowest BCUT2D eigenvalue weighted by atomic mass is 10.1. The van der Waals surface area contributed by atoms with Gasteiger partial charge in [0.05, 0.1) is 14.6 Å². The molecule has 4 rings (SSSR count). The number of hydrogen-bond acceptors (Lipinski definition) is 4. The highest BCUT2D eigenvalue weighted by Gasteiger charge is 2.36. The molecule has 0 spiro atoms. The molecule has 1 N–H and O–H groups in total. The number of carbonyl (C=O) groups is 3. The topological polar surface area (TPSA) is 75.7 Å². The first-order valence-electron chi connectivity index (χ1n) is 10.5. The van der Waals surface area contributed by atoms with E-state index in [1.165, 1.54) is 6.08 Å². The van der Waals surface area contributed by atoms with Crippen LogP contribution >= 0.6 is 31.9 Å². The van der Waals surface area contributed by atoms with Crippen molar-refractivity contribution in [3.63, 3.8) is 0 Å². The minimum Gasteiger partial charge on any atom is -0.487 e.